The van der Waals surface area contributed by atoms with Crippen LogP contribution in [0.25, 0.3) is 0 Å². The van der Waals surface area contributed by atoms with Gasteiger partial charge in [-0.25, -0.2) is 0 Å². The van der Waals surface area contributed by atoms with E-state index in [0.717, 1.165) is 59.6 Å². The van der Waals surface area contributed by atoms with Gasteiger partial charge in [0.25, 0.3) is 0 Å². The van der Waals surface area contributed by atoms with Crippen molar-refractivity contribution in [3.63, 3.8) is 0 Å². The number of aromatic hydroxyl groups is 1. The molecule has 4 rings (SSSR count). The maximum Gasteiger partial charge on any atom is 0.303 e. The van der Waals surface area contributed by atoms with Crippen LogP contribution >= 0.6 is 27.7 Å². The third-order valence-electron chi connectivity index (χ3n) is 10.4. The van der Waals surface area contributed by atoms with Gasteiger partial charge in [-0.1, -0.05) is 87.8 Å². The van der Waals surface area contributed by atoms with E-state index in [1.165, 1.54) is 11.8 Å². The van der Waals surface area contributed by atoms with Gasteiger partial charge in [0.2, 0.25) is 0 Å². The molecule has 0 saturated carbocycles. The van der Waals surface area contributed by atoms with Crippen LogP contribution in [0.15, 0.2) is 40.9 Å². The Morgan fingerprint density at radius 3 is 1.46 bits per heavy atom. The highest BCUT2D eigenvalue weighted by atomic mass is 79.9. The second kappa shape index (κ2) is 23.0. The zero-order valence-corrected chi connectivity index (χ0v) is 42.3. The van der Waals surface area contributed by atoms with Crippen molar-refractivity contribution in [1.82, 2.24) is 0 Å². The summed E-state index contributed by atoms with van der Waals surface area (Å²) < 4.78 is 59.7. The molecule has 1 N–H and O–H groups in total. The molecule has 0 bridgehead atoms. The number of hydrogen-bond acceptors (Lipinski definition) is 19. The third-order valence-corrected chi connectivity index (χ3v) is 12.6. The highest BCUT2D eigenvalue weighted by molar-refractivity contribution is 9.10. The number of thioether (sulfide) groups is 1. The molecule has 0 aromatic heterocycles. The van der Waals surface area contributed by atoms with E-state index in [2.05, 4.69) is 15.9 Å². The smallest absolute Gasteiger partial charge is 0.303 e. The number of carbonyl (C=O) groups is 7. The first kappa shape index (κ1) is 54.8. The molecule has 2 aliphatic rings. The van der Waals surface area contributed by atoms with Gasteiger partial charge in [-0.3, -0.25) is 33.6 Å². The van der Waals surface area contributed by atoms with Crippen molar-refractivity contribution < 1.29 is 86.0 Å². The second-order valence-electron chi connectivity index (χ2n) is 18.2. The highest BCUT2D eigenvalue weighted by Crippen LogP contribution is 2.50. The van der Waals surface area contributed by atoms with E-state index in [1.54, 1.807) is 0 Å². The fraction of sp³-hybridized carbons (Fsp3) is 0.596. The molecule has 2 aromatic carbocycles. The molecule has 6 unspecified atom stereocenters. The van der Waals surface area contributed by atoms with E-state index in [4.69, 9.17) is 47.4 Å². The number of benzene rings is 2. The van der Waals surface area contributed by atoms with Crippen LogP contribution in [0.1, 0.15) is 118 Å². The fourth-order valence-corrected chi connectivity index (χ4v) is 9.84. The molecular formula is C47H61BrO18S. The Morgan fingerprint density at radius 2 is 1.01 bits per heavy atom. The number of rotatable bonds is 15. The van der Waals surface area contributed by atoms with Gasteiger partial charge in [-0.15, -0.1) is 11.8 Å². The minimum atomic E-state index is -1.83. The monoisotopic (exact) mass is 1020 g/mol. The van der Waals surface area contributed by atoms with E-state index >= 15 is 0 Å². The summed E-state index contributed by atoms with van der Waals surface area (Å²) in [5, 5.41) is 11.1. The maximum atomic E-state index is 13.2. The molecule has 2 fully saturated rings. The van der Waals surface area contributed by atoms with Crippen LogP contribution in [0, 0.1) is 0 Å². The lowest BCUT2D eigenvalue weighted by Gasteiger charge is -2.49. The van der Waals surface area contributed by atoms with Crippen molar-refractivity contribution >= 4 is 69.5 Å². The predicted molar refractivity (Wildman–Crippen MR) is 242 cm³/mol. The van der Waals surface area contributed by atoms with E-state index < -0.39 is 132 Å². The molecule has 2 heterocycles. The topological polar surface area (TPSA) is 232 Å². The Balaban J connectivity index is 1.98. The molecule has 2 saturated heterocycles. The van der Waals surface area contributed by atoms with Gasteiger partial charge < -0.3 is 52.5 Å². The molecule has 18 nitrogen and oxygen atoms in total. The summed E-state index contributed by atoms with van der Waals surface area (Å²) in [5.74, 6) is -5.69. The molecule has 2 aromatic rings. The standard InChI is InChI=1S/C47H61BrO18S/c1-22(49)57-20-34-37(59-24(3)51)39(60-25(4)52)41(62-27(6)54)44(64-34)66-38-35(21-58-23(2)50)65-45(42(63-28(7)55)40(38)61-26(5)53)67-43(30-16-14-15-17-33(30)48)29-18-31(46(8,9)10)36(56)32(19-29)47(11,12)13/h14-19,34-35,37-45,56H,20-21H2,1-13H3/t34?,35?,37-,38+,39?,40?,41?,42?,43-,44-,45-/m0/s1. The Hall–Kier alpha value is -4.76. The molecule has 370 valence electrons. The van der Waals surface area contributed by atoms with Crippen LogP contribution < -0.4 is 0 Å². The van der Waals surface area contributed by atoms with Crippen LogP contribution in [0.2, 0.25) is 0 Å². The lowest BCUT2D eigenvalue weighted by atomic mass is 9.78. The number of hydrogen-bond donors (Lipinski definition) is 1. The summed E-state index contributed by atoms with van der Waals surface area (Å²) in [5.41, 5.74) is 0.506. The van der Waals surface area contributed by atoms with Gasteiger partial charge in [0, 0.05) is 52.9 Å². The number of esters is 7. The summed E-state index contributed by atoms with van der Waals surface area (Å²) in [4.78, 5) is 88.5. The molecule has 11 atom stereocenters. The average Bonchev–Trinajstić information content (AvgIpc) is 3.18. The van der Waals surface area contributed by atoms with Gasteiger partial charge in [-0.2, -0.15) is 0 Å². The van der Waals surface area contributed by atoms with Gasteiger partial charge in [-0.05, 0) is 39.2 Å². The number of carbonyl (C=O) groups excluding carboxylic acids is 7. The SMILES string of the molecule is CC(=O)OCC1O[C@@H](S[C@@H](c2cc(C(C)(C)C)c(O)c(C(C)(C)C)c2)c2ccccc2Br)C(OC(C)=O)C(OC(C)=O)[C@@H]1O[C@@H]1OC(COC(C)=O)[C@H](OC(C)=O)C(OC(C)=O)C1OC(C)=O. The Labute approximate surface area is 402 Å². The van der Waals surface area contributed by atoms with Crippen molar-refractivity contribution in [2.75, 3.05) is 13.2 Å². The number of phenols is 1. The van der Waals surface area contributed by atoms with Gasteiger partial charge in [0.05, 0.1) is 5.25 Å². The zero-order chi connectivity index (χ0) is 50.3. The molecule has 2 aliphatic heterocycles. The van der Waals surface area contributed by atoms with E-state index in [-0.39, 0.29) is 5.75 Å². The summed E-state index contributed by atoms with van der Waals surface area (Å²) >= 11 is 4.89. The number of ether oxygens (including phenoxy) is 10. The first-order chi connectivity index (χ1) is 31.1. The molecular weight excluding hydrogens is 964 g/mol. The van der Waals surface area contributed by atoms with Crippen molar-refractivity contribution in [1.29, 1.82) is 0 Å². The zero-order valence-electron chi connectivity index (χ0n) is 39.9. The molecule has 0 aliphatic carbocycles. The normalized spacial score (nSPS) is 25.7. The molecule has 67 heavy (non-hydrogen) atoms. The summed E-state index contributed by atoms with van der Waals surface area (Å²) in [6, 6.07) is 11.2. The highest BCUT2D eigenvalue weighted by Gasteiger charge is 2.58. The van der Waals surface area contributed by atoms with E-state index in [0.29, 0.717) is 15.6 Å². The van der Waals surface area contributed by atoms with Crippen molar-refractivity contribution in [2.24, 2.45) is 0 Å². The van der Waals surface area contributed by atoms with E-state index in [9.17, 15) is 38.7 Å². The van der Waals surface area contributed by atoms with Crippen molar-refractivity contribution in [3.05, 3.63) is 63.1 Å². The van der Waals surface area contributed by atoms with Crippen LogP contribution in [-0.4, -0.2) is 121 Å². The third kappa shape index (κ3) is 14.9. The summed E-state index contributed by atoms with van der Waals surface area (Å²) in [6.07, 6.45) is -14.3. The Morgan fingerprint density at radius 1 is 0.597 bits per heavy atom. The lowest BCUT2D eigenvalue weighted by Crippen LogP contribution is -2.66. The predicted octanol–water partition coefficient (Wildman–Crippen LogP) is 6.19. The quantitative estimate of drug-likeness (QED) is 0.155. The average molecular weight is 1030 g/mol. The van der Waals surface area contributed by atoms with E-state index in [1.807, 2.05) is 77.9 Å². The summed E-state index contributed by atoms with van der Waals surface area (Å²) in [7, 11) is 0. The Kier molecular flexibility index (Phi) is 18.8. The van der Waals surface area contributed by atoms with Gasteiger partial charge >= 0.3 is 41.8 Å². The molecule has 0 spiro atoms. The summed E-state index contributed by atoms with van der Waals surface area (Å²) in [6.45, 7) is 18.4. The first-order valence-electron chi connectivity index (χ1n) is 21.5. The molecule has 0 amide bonds. The lowest BCUT2D eigenvalue weighted by molar-refractivity contribution is -0.341. The molecule has 20 heteroatoms. The second-order valence-corrected chi connectivity index (χ2v) is 20.2. The van der Waals surface area contributed by atoms with Crippen LogP contribution in [0.3, 0.4) is 0 Å². The van der Waals surface area contributed by atoms with Crippen molar-refractivity contribution in [2.45, 2.75) is 167 Å². The maximum absolute atomic E-state index is 13.2. The van der Waals surface area contributed by atoms with Gasteiger partial charge in [0.1, 0.15) is 42.7 Å². The number of phenolic OH excluding ortho intramolecular Hbond substituents is 1. The largest absolute Gasteiger partial charge is 0.507 e. The van der Waals surface area contributed by atoms with Crippen LogP contribution in [0.5, 0.6) is 5.75 Å². The first-order valence-corrected chi connectivity index (χ1v) is 23.2. The van der Waals surface area contributed by atoms with Crippen LogP contribution in [-0.2, 0) is 91.8 Å². The minimum Gasteiger partial charge on any atom is -0.507 e. The van der Waals surface area contributed by atoms with Crippen molar-refractivity contribution in [3.8, 4) is 5.75 Å². The minimum absolute atomic E-state index is 0.143. The Bertz CT molecular complexity index is 2110. The number of halogens is 1. The van der Waals surface area contributed by atoms with Crippen LogP contribution in [0.4, 0.5) is 0 Å². The fourth-order valence-electron chi connectivity index (χ4n) is 7.69. The van der Waals surface area contributed by atoms with Gasteiger partial charge in [0.15, 0.2) is 36.8 Å². The molecule has 0 radical (unpaired) electrons.